The molecule has 0 aliphatic heterocycles. The predicted molar refractivity (Wildman–Crippen MR) is 51.3 cm³/mol. The van der Waals surface area contributed by atoms with Gasteiger partial charge in [0.05, 0.1) is 18.1 Å². The van der Waals surface area contributed by atoms with Gasteiger partial charge in [-0.3, -0.25) is 4.79 Å². The highest BCUT2D eigenvalue weighted by atomic mass is 16.5. The van der Waals surface area contributed by atoms with Gasteiger partial charge in [-0.2, -0.15) is 0 Å². The summed E-state index contributed by atoms with van der Waals surface area (Å²) in [6.45, 7) is 7.19. The lowest BCUT2D eigenvalue weighted by atomic mass is 9.80. The Morgan fingerprint density at radius 2 is 1.85 bits per heavy atom. The van der Waals surface area contributed by atoms with Gasteiger partial charge in [-0.15, -0.1) is 0 Å². The molecule has 0 aromatic rings. The van der Waals surface area contributed by atoms with E-state index >= 15 is 0 Å². The van der Waals surface area contributed by atoms with Crippen LogP contribution in [0.2, 0.25) is 0 Å². The molecule has 13 heavy (non-hydrogen) atoms. The van der Waals surface area contributed by atoms with E-state index in [4.69, 9.17) is 0 Å². The summed E-state index contributed by atoms with van der Waals surface area (Å²) in [5, 5.41) is 9.80. The maximum Gasteiger partial charge on any atom is 0.311 e. The third kappa shape index (κ3) is 3.77. The maximum absolute atomic E-state index is 11.3. The van der Waals surface area contributed by atoms with Crippen molar-refractivity contribution >= 4 is 5.97 Å². The van der Waals surface area contributed by atoms with Gasteiger partial charge in [-0.25, -0.2) is 0 Å². The largest absolute Gasteiger partial charge is 0.469 e. The van der Waals surface area contributed by atoms with Crippen LogP contribution in [0.5, 0.6) is 0 Å². The van der Waals surface area contributed by atoms with Crippen LogP contribution in [0.25, 0.3) is 0 Å². The van der Waals surface area contributed by atoms with Gasteiger partial charge in [0.2, 0.25) is 0 Å². The molecule has 3 nitrogen and oxygen atoms in total. The Morgan fingerprint density at radius 3 is 2.15 bits per heavy atom. The van der Waals surface area contributed by atoms with Crippen molar-refractivity contribution < 1.29 is 14.6 Å². The van der Waals surface area contributed by atoms with E-state index in [0.717, 1.165) is 0 Å². The number of carbonyl (C=O) groups is 1. The van der Waals surface area contributed by atoms with Crippen molar-refractivity contribution in [2.45, 2.75) is 46.1 Å². The Labute approximate surface area is 80.1 Å². The second-order valence-electron chi connectivity index (χ2n) is 4.40. The number of aliphatic hydroxyl groups is 1. The van der Waals surface area contributed by atoms with Gasteiger partial charge in [-0.1, -0.05) is 6.92 Å². The third-order valence-corrected chi connectivity index (χ3v) is 2.32. The van der Waals surface area contributed by atoms with Crippen LogP contribution in [0.4, 0.5) is 0 Å². The molecule has 1 unspecified atom stereocenters. The highest BCUT2D eigenvalue weighted by Crippen LogP contribution is 2.30. The summed E-state index contributed by atoms with van der Waals surface area (Å²) >= 11 is 0. The SMILES string of the molecule is CCC(C)(O)CC(C)(C)C(=O)OC. The minimum absolute atomic E-state index is 0.277. The van der Waals surface area contributed by atoms with Crippen LogP contribution in [0.3, 0.4) is 0 Å². The predicted octanol–water partition coefficient (Wildman–Crippen LogP) is 1.74. The van der Waals surface area contributed by atoms with E-state index in [1.165, 1.54) is 7.11 Å². The van der Waals surface area contributed by atoms with Crippen LogP contribution in [-0.2, 0) is 9.53 Å². The number of hydrogen-bond donors (Lipinski definition) is 1. The summed E-state index contributed by atoms with van der Waals surface area (Å²) in [7, 11) is 1.37. The molecule has 0 aromatic carbocycles. The molecule has 0 rings (SSSR count). The summed E-state index contributed by atoms with van der Waals surface area (Å²) in [6, 6.07) is 0. The molecule has 0 bridgehead atoms. The molecule has 78 valence electrons. The van der Waals surface area contributed by atoms with E-state index in [1.54, 1.807) is 20.8 Å². The lowest BCUT2D eigenvalue weighted by Crippen LogP contribution is -2.36. The zero-order chi connectivity index (χ0) is 10.7. The molecule has 0 aromatic heterocycles. The molecule has 0 fully saturated rings. The lowest BCUT2D eigenvalue weighted by molar-refractivity contribution is -0.154. The highest BCUT2D eigenvalue weighted by Gasteiger charge is 2.35. The first-order valence-electron chi connectivity index (χ1n) is 4.56. The van der Waals surface area contributed by atoms with Crippen molar-refractivity contribution in [2.24, 2.45) is 5.41 Å². The van der Waals surface area contributed by atoms with Gasteiger partial charge >= 0.3 is 5.97 Å². The molecular formula is C10H20O3. The lowest BCUT2D eigenvalue weighted by Gasteiger charge is -2.30. The van der Waals surface area contributed by atoms with Gasteiger partial charge in [0.15, 0.2) is 0 Å². The molecule has 0 heterocycles. The standard InChI is InChI=1S/C10H20O3/c1-6-10(4,12)7-9(2,3)8(11)13-5/h12H,6-7H2,1-5H3. The minimum Gasteiger partial charge on any atom is -0.469 e. The van der Waals surface area contributed by atoms with Gasteiger partial charge in [0.25, 0.3) is 0 Å². The molecule has 0 saturated heterocycles. The topological polar surface area (TPSA) is 46.5 Å². The van der Waals surface area contributed by atoms with Crippen molar-refractivity contribution in [2.75, 3.05) is 7.11 Å². The van der Waals surface area contributed by atoms with E-state index < -0.39 is 11.0 Å². The van der Waals surface area contributed by atoms with E-state index in [9.17, 15) is 9.90 Å². The molecular weight excluding hydrogens is 168 g/mol. The number of hydrogen-bond acceptors (Lipinski definition) is 3. The fourth-order valence-electron chi connectivity index (χ4n) is 1.43. The quantitative estimate of drug-likeness (QED) is 0.683. The summed E-state index contributed by atoms with van der Waals surface area (Å²) in [4.78, 5) is 11.3. The summed E-state index contributed by atoms with van der Waals surface area (Å²) in [5.74, 6) is -0.277. The van der Waals surface area contributed by atoms with Gasteiger partial charge in [0, 0.05) is 0 Å². The first kappa shape index (κ1) is 12.4. The molecule has 0 amide bonds. The zero-order valence-corrected chi connectivity index (χ0v) is 9.18. The Balaban J connectivity index is 4.41. The number of methoxy groups -OCH3 is 1. The maximum atomic E-state index is 11.3. The van der Waals surface area contributed by atoms with E-state index in [-0.39, 0.29) is 5.97 Å². The van der Waals surface area contributed by atoms with Crippen LogP contribution in [0.1, 0.15) is 40.5 Å². The van der Waals surface area contributed by atoms with Crippen molar-refractivity contribution in [3.8, 4) is 0 Å². The van der Waals surface area contributed by atoms with Crippen molar-refractivity contribution in [3.05, 3.63) is 0 Å². The van der Waals surface area contributed by atoms with Crippen LogP contribution in [0, 0.1) is 5.41 Å². The smallest absolute Gasteiger partial charge is 0.311 e. The van der Waals surface area contributed by atoms with Crippen molar-refractivity contribution in [1.29, 1.82) is 0 Å². The Bertz CT molecular complexity index is 183. The minimum atomic E-state index is -0.794. The van der Waals surface area contributed by atoms with Crippen LogP contribution in [-0.4, -0.2) is 23.8 Å². The second-order valence-corrected chi connectivity index (χ2v) is 4.40. The van der Waals surface area contributed by atoms with Crippen LogP contribution >= 0.6 is 0 Å². The molecule has 0 aliphatic rings. The Morgan fingerprint density at radius 1 is 1.38 bits per heavy atom. The second kappa shape index (κ2) is 4.09. The van der Waals surface area contributed by atoms with E-state index in [2.05, 4.69) is 4.74 Å². The van der Waals surface area contributed by atoms with Crippen LogP contribution < -0.4 is 0 Å². The van der Waals surface area contributed by atoms with Crippen molar-refractivity contribution in [1.82, 2.24) is 0 Å². The molecule has 0 aliphatic carbocycles. The normalized spacial score (nSPS) is 16.5. The third-order valence-electron chi connectivity index (χ3n) is 2.32. The monoisotopic (exact) mass is 188 g/mol. The fourth-order valence-corrected chi connectivity index (χ4v) is 1.43. The summed E-state index contributed by atoms with van der Waals surface area (Å²) < 4.78 is 4.66. The first-order valence-corrected chi connectivity index (χ1v) is 4.56. The van der Waals surface area contributed by atoms with Crippen molar-refractivity contribution in [3.63, 3.8) is 0 Å². The van der Waals surface area contributed by atoms with Gasteiger partial charge in [0.1, 0.15) is 0 Å². The number of carbonyl (C=O) groups excluding carboxylic acids is 1. The molecule has 1 N–H and O–H groups in total. The Hall–Kier alpha value is -0.570. The molecule has 0 spiro atoms. The van der Waals surface area contributed by atoms with Crippen LogP contribution in [0.15, 0.2) is 0 Å². The summed E-state index contributed by atoms with van der Waals surface area (Å²) in [6.07, 6.45) is 1.05. The molecule has 0 radical (unpaired) electrons. The zero-order valence-electron chi connectivity index (χ0n) is 9.18. The first-order chi connectivity index (χ1) is 5.75. The molecule has 1 atom stereocenters. The van der Waals surface area contributed by atoms with Gasteiger partial charge in [-0.05, 0) is 33.6 Å². The highest BCUT2D eigenvalue weighted by molar-refractivity contribution is 5.75. The fraction of sp³-hybridized carbons (Fsp3) is 0.900. The van der Waals surface area contributed by atoms with E-state index in [0.29, 0.717) is 12.8 Å². The molecule has 0 saturated carbocycles. The van der Waals surface area contributed by atoms with Gasteiger partial charge < -0.3 is 9.84 Å². The average molecular weight is 188 g/mol. The number of rotatable bonds is 4. The number of esters is 1. The number of ether oxygens (including phenoxy) is 1. The molecule has 3 heteroatoms. The summed E-state index contributed by atoms with van der Waals surface area (Å²) in [5.41, 5.74) is -1.41. The van der Waals surface area contributed by atoms with E-state index in [1.807, 2.05) is 6.92 Å². The Kier molecular flexibility index (Phi) is 3.91. The average Bonchev–Trinajstić information content (AvgIpc) is 2.01.